The molecule has 0 aliphatic heterocycles. The molecule has 2 nitrogen and oxygen atoms in total. The summed E-state index contributed by atoms with van der Waals surface area (Å²) in [5.41, 5.74) is 6.40. The Labute approximate surface area is 107 Å². The van der Waals surface area contributed by atoms with Crippen LogP contribution >= 0.6 is 11.8 Å². The molecule has 1 aromatic carbocycles. The Morgan fingerprint density at radius 2 is 2.12 bits per heavy atom. The van der Waals surface area contributed by atoms with Gasteiger partial charge in [0.15, 0.2) is 0 Å². The zero-order valence-corrected chi connectivity index (χ0v) is 11.3. The van der Waals surface area contributed by atoms with Crippen LogP contribution in [0.25, 0.3) is 0 Å². The number of nitrogens with zero attached hydrogens (tertiary/aromatic N) is 1. The monoisotopic (exact) mass is 256 g/mol. The largest absolute Gasteiger partial charge is 0.368 e. The van der Waals surface area contributed by atoms with Gasteiger partial charge >= 0.3 is 0 Å². The third kappa shape index (κ3) is 4.21. The van der Waals surface area contributed by atoms with E-state index >= 15 is 0 Å². The van der Waals surface area contributed by atoms with Crippen molar-refractivity contribution in [2.24, 2.45) is 5.73 Å². The molecule has 4 heteroatoms. The van der Waals surface area contributed by atoms with Crippen molar-refractivity contribution >= 4 is 17.4 Å². The molecular weight excluding hydrogens is 235 g/mol. The van der Waals surface area contributed by atoms with Gasteiger partial charge in [-0.1, -0.05) is 19.1 Å². The van der Waals surface area contributed by atoms with Gasteiger partial charge in [-0.15, -0.1) is 0 Å². The molecule has 0 aliphatic rings. The minimum Gasteiger partial charge on any atom is -0.368 e. The number of hydrogen-bond donors (Lipinski definition) is 1. The van der Waals surface area contributed by atoms with E-state index in [1.54, 1.807) is 12.1 Å². The van der Waals surface area contributed by atoms with E-state index in [0.29, 0.717) is 12.2 Å². The molecular formula is C13H21FN2S. The SMILES string of the molecule is CCSCCC(CN)N(C)c1ccccc1F. The number of hydrogen-bond acceptors (Lipinski definition) is 3. The highest BCUT2D eigenvalue weighted by Gasteiger charge is 2.15. The van der Waals surface area contributed by atoms with E-state index in [1.807, 2.05) is 29.8 Å². The van der Waals surface area contributed by atoms with Crippen molar-refractivity contribution in [2.75, 3.05) is 30.0 Å². The minimum atomic E-state index is -0.184. The molecule has 0 bridgehead atoms. The Balaban J connectivity index is 2.65. The highest BCUT2D eigenvalue weighted by molar-refractivity contribution is 7.99. The first-order chi connectivity index (χ1) is 8.20. The maximum Gasteiger partial charge on any atom is 0.146 e. The molecule has 96 valence electrons. The summed E-state index contributed by atoms with van der Waals surface area (Å²) in [6, 6.07) is 7.04. The number of nitrogens with two attached hydrogens (primary N) is 1. The van der Waals surface area contributed by atoms with E-state index in [9.17, 15) is 4.39 Å². The smallest absolute Gasteiger partial charge is 0.146 e. The Bertz CT molecular complexity index is 333. The summed E-state index contributed by atoms with van der Waals surface area (Å²) in [6.45, 7) is 2.69. The van der Waals surface area contributed by atoms with Gasteiger partial charge in [-0.3, -0.25) is 0 Å². The lowest BCUT2D eigenvalue weighted by atomic mass is 10.1. The Kier molecular flexibility index (Phi) is 6.37. The van der Waals surface area contributed by atoms with Gasteiger partial charge in [-0.05, 0) is 30.1 Å². The molecule has 0 fully saturated rings. The fourth-order valence-corrected chi connectivity index (χ4v) is 2.50. The molecule has 1 aromatic rings. The summed E-state index contributed by atoms with van der Waals surface area (Å²) in [6.07, 6.45) is 0.986. The predicted molar refractivity (Wildman–Crippen MR) is 75.3 cm³/mol. The third-order valence-electron chi connectivity index (χ3n) is 2.85. The van der Waals surface area contributed by atoms with E-state index in [1.165, 1.54) is 6.07 Å². The summed E-state index contributed by atoms with van der Waals surface area (Å²) < 4.78 is 13.6. The number of rotatable bonds is 7. The van der Waals surface area contributed by atoms with E-state index in [2.05, 4.69) is 6.92 Å². The van der Waals surface area contributed by atoms with Gasteiger partial charge in [0.25, 0.3) is 0 Å². The van der Waals surface area contributed by atoms with Crippen LogP contribution in [0.5, 0.6) is 0 Å². The van der Waals surface area contributed by atoms with E-state index in [4.69, 9.17) is 5.73 Å². The molecule has 0 spiro atoms. The Morgan fingerprint density at radius 3 is 2.71 bits per heavy atom. The van der Waals surface area contributed by atoms with Crippen molar-refractivity contribution in [3.05, 3.63) is 30.1 Å². The molecule has 1 rings (SSSR count). The number of anilines is 1. The van der Waals surface area contributed by atoms with E-state index < -0.39 is 0 Å². The average molecular weight is 256 g/mol. The van der Waals surface area contributed by atoms with Crippen molar-refractivity contribution in [2.45, 2.75) is 19.4 Å². The van der Waals surface area contributed by atoms with Crippen LogP contribution in [0.15, 0.2) is 24.3 Å². The summed E-state index contributed by atoms with van der Waals surface area (Å²) in [5, 5.41) is 0. The topological polar surface area (TPSA) is 29.3 Å². The second-order valence-electron chi connectivity index (χ2n) is 3.94. The molecule has 2 N–H and O–H groups in total. The van der Waals surface area contributed by atoms with Gasteiger partial charge in [0.1, 0.15) is 5.82 Å². The summed E-state index contributed by atoms with van der Waals surface area (Å²) in [4.78, 5) is 1.95. The molecule has 0 radical (unpaired) electrons. The van der Waals surface area contributed by atoms with E-state index in [-0.39, 0.29) is 11.9 Å². The maximum atomic E-state index is 13.6. The van der Waals surface area contributed by atoms with Crippen molar-refractivity contribution in [1.82, 2.24) is 0 Å². The third-order valence-corrected chi connectivity index (χ3v) is 3.78. The predicted octanol–water partition coefficient (Wildman–Crippen LogP) is 2.73. The second-order valence-corrected chi connectivity index (χ2v) is 5.33. The van der Waals surface area contributed by atoms with Crippen LogP contribution in [0.4, 0.5) is 10.1 Å². The molecule has 0 aliphatic carbocycles. The zero-order valence-electron chi connectivity index (χ0n) is 10.5. The lowest BCUT2D eigenvalue weighted by molar-refractivity contribution is 0.584. The quantitative estimate of drug-likeness (QED) is 0.761. The summed E-state index contributed by atoms with van der Waals surface area (Å²) in [5.74, 6) is 1.99. The van der Waals surface area contributed by atoms with Crippen molar-refractivity contribution < 1.29 is 4.39 Å². The molecule has 1 atom stereocenters. The highest BCUT2D eigenvalue weighted by atomic mass is 32.2. The number of likely N-dealkylation sites (N-methyl/N-ethyl adjacent to an activating group) is 1. The average Bonchev–Trinajstić information content (AvgIpc) is 2.35. The zero-order chi connectivity index (χ0) is 12.7. The number of para-hydroxylation sites is 1. The molecule has 17 heavy (non-hydrogen) atoms. The van der Waals surface area contributed by atoms with Crippen LogP contribution in [0.2, 0.25) is 0 Å². The number of benzene rings is 1. The van der Waals surface area contributed by atoms with Gasteiger partial charge in [-0.25, -0.2) is 4.39 Å². The van der Waals surface area contributed by atoms with Crippen LogP contribution in [0.1, 0.15) is 13.3 Å². The van der Waals surface area contributed by atoms with Gasteiger partial charge in [0.2, 0.25) is 0 Å². The first-order valence-electron chi connectivity index (χ1n) is 5.95. The van der Waals surface area contributed by atoms with E-state index in [0.717, 1.165) is 17.9 Å². The lowest BCUT2D eigenvalue weighted by Gasteiger charge is -2.29. The summed E-state index contributed by atoms with van der Waals surface area (Å²) >= 11 is 1.89. The maximum absolute atomic E-state index is 13.6. The number of thioether (sulfide) groups is 1. The van der Waals surface area contributed by atoms with Crippen LogP contribution in [-0.4, -0.2) is 31.1 Å². The van der Waals surface area contributed by atoms with Crippen LogP contribution in [0, 0.1) is 5.82 Å². The van der Waals surface area contributed by atoms with Crippen molar-refractivity contribution in [1.29, 1.82) is 0 Å². The standard InChI is InChI=1S/C13H21FN2S/c1-3-17-9-8-11(10-15)16(2)13-7-5-4-6-12(13)14/h4-7,11H,3,8-10,15H2,1-2H3. The molecule has 0 saturated carbocycles. The molecule has 0 heterocycles. The van der Waals surface area contributed by atoms with Crippen molar-refractivity contribution in [3.63, 3.8) is 0 Å². The first-order valence-corrected chi connectivity index (χ1v) is 7.11. The van der Waals surface area contributed by atoms with Crippen LogP contribution < -0.4 is 10.6 Å². The van der Waals surface area contributed by atoms with Crippen LogP contribution in [-0.2, 0) is 0 Å². The second kappa shape index (κ2) is 7.56. The minimum absolute atomic E-state index is 0.184. The molecule has 1 unspecified atom stereocenters. The molecule has 0 aromatic heterocycles. The molecule has 0 amide bonds. The number of halogens is 1. The normalized spacial score (nSPS) is 12.5. The Morgan fingerprint density at radius 1 is 1.41 bits per heavy atom. The lowest BCUT2D eigenvalue weighted by Crippen LogP contribution is -2.38. The fourth-order valence-electron chi connectivity index (χ4n) is 1.77. The molecule has 0 saturated heterocycles. The van der Waals surface area contributed by atoms with Gasteiger partial charge in [-0.2, -0.15) is 11.8 Å². The first kappa shape index (κ1) is 14.3. The van der Waals surface area contributed by atoms with Crippen molar-refractivity contribution in [3.8, 4) is 0 Å². The summed E-state index contributed by atoms with van der Waals surface area (Å²) in [7, 11) is 1.91. The van der Waals surface area contributed by atoms with Crippen LogP contribution in [0.3, 0.4) is 0 Å². The Hall–Kier alpha value is -0.740. The fraction of sp³-hybridized carbons (Fsp3) is 0.538. The van der Waals surface area contributed by atoms with Gasteiger partial charge < -0.3 is 10.6 Å². The highest BCUT2D eigenvalue weighted by Crippen LogP contribution is 2.20. The van der Waals surface area contributed by atoms with Gasteiger partial charge in [0, 0.05) is 19.6 Å². The van der Waals surface area contributed by atoms with Gasteiger partial charge in [0.05, 0.1) is 5.69 Å².